The van der Waals surface area contributed by atoms with Crippen LogP contribution in [0.25, 0.3) is 0 Å². The summed E-state index contributed by atoms with van der Waals surface area (Å²) in [5.41, 5.74) is 0. The molecule has 1 fully saturated rings. The number of hydrogen-bond donors (Lipinski definition) is 1. The molecule has 0 bridgehead atoms. The van der Waals surface area contributed by atoms with Gasteiger partial charge in [0.15, 0.2) is 5.96 Å². The molecular formula is C14H29N3O. The third-order valence-corrected chi connectivity index (χ3v) is 3.60. The number of rotatable bonds is 6. The Morgan fingerprint density at radius 2 is 2.11 bits per heavy atom. The highest BCUT2D eigenvalue weighted by Gasteiger charge is 2.15. The van der Waals surface area contributed by atoms with Crippen LogP contribution in [0, 0.1) is 5.92 Å². The molecule has 4 nitrogen and oxygen atoms in total. The van der Waals surface area contributed by atoms with E-state index in [9.17, 15) is 0 Å². The van der Waals surface area contributed by atoms with Crippen LogP contribution in [-0.2, 0) is 4.74 Å². The molecular weight excluding hydrogens is 226 g/mol. The molecule has 1 heterocycles. The van der Waals surface area contributed by atoms with E-state index in [1.807, 2.05) is 7.05 Å². The highest BCUT2D eigenvalue weighted by atomic mass is 16.5. The third-order valence-electron chi connectivity index (χ3n) is 3.60. The Kier molecular flexibility index (Phi) is 7.81. The van der Waals surface area contributed by atoms with Crippen LogP contribution in [0.5, 0.6) is 0 Å². The number of hydrogen-bond acceptors (Lipinski definition) is 2. The van der Waals surface area contributed by atoms with Gasteiger partial charge in [0.05, 0.1) is 0 Å². The summed E-state index contributed by atoms with van der Waals surface area (Å²) in [7, 11) is 3.99. The van der Waals surface area contributed by atoms with Crippen molar-refractivity contribution >= 4 is 5.96 Å². The Labute approximate surface area is 112 Å². The zero-order valence-electron chi connectivity index (χ0n) is 12.2. The van der Waals surface area contributed by atoms with Crippen LogP contribution < -0.4 is 5.32 Å². The lowest BCUT2D eigenvalue weighted by atomic mass is 9.96. The molecule has 0 radical (unpaired) electrons. The summed E-state index contributed by atoms with van der Waals surface area (Å²) in [6, 6.07) is 0. The molecule has 1 saturated heterocycles. The fourth-order valence-corrected chi connectivity index (χ4v) is 2.28. The normalized spacial score (nSPS) is 17.8. The molecule has 0 spiro atoms. The molecule has 1 aliphatic heterocycles. The second kappa shape index (κ2) is 9.20. The molecule has 1 N–H and O–H groups in total. The Balaban J connectivity index is 2.21. The number of nitrogens with zero attached hydrogens (tertiary/aromatic N) is 2. The highest BCUT2D eigenvalue weighted by Crippen LogP contribution is 2.18. The van der Waals surface area contributed by atoms with Crippen LogP contribution in [0.2, 0.25) is 0 Å². The Bertz CT molecular complexity index is 237. The summed E-state index contributed by atoms with van der Waals surface area (Å²) >= 11 is 0. The molecule has 0 saturated carbocycles. The van der Waals surface area contributed by atoms with Gasteiger partial charge in [0.1, 0.15) is 0 Å². The Morgan fingerprint density at radius 1 is 1.39 bits per heavy atom. The van der Waals surface area contributed by atoms with Crippen LogP contribution in [0.15, 0.2) is 4.99 Å². The lowest BCUT2D eigenvalue weighted by Gasteiger charge is -2.26. The van der Waals surface area contributed by atoms with Gasteiger partial charge in [0.2, 0.25) is 0 Å². The summed E-state index contributed by atoms with van der Waals surface area (Å²) < 4.78 is 5.39. The van der Waals surface area contributed by atoms with Crippen LogP contribution in [0.3, 0.4) is 0 Å². The fraction of sp³-hybridized carbons (Fsp3) is 0.929. The third kappa shape index (κ3) is 5.71. The van der Waals surface area contributed by atoms with Gasteiger partial charge in [-0.3, -0.25) is 4.99 Å². The largest absolute Gasteiger partial charge is 0.381 e. The van der Waals surface area contributed by atoms with Gasteiger partial charge in [-0.2, -0.15) is 0 Å². The minimum Gasteiger partial charge on any atom is -0.381 e. The second-order valence-corrected chi connectivity index (χ2v) is 5.09. The summed E-state index contributed by atoms with van der Waals surface area (Å²) in [4.78, 5) is 6.57. The van der Waals surface area contributed by atoms with Crippen molar-refractivity contribution in [3.63, 3.8) is 0 Å². The molecule has 0 aromatic heterocycles. The Morgan fingerprint density at radius 3 is 2.72 bits per heavy atom. The molecule has 1 rings (SSSR count). The maximum Gasteiger partial charge on any atom is 0.193 e. The van der Waals surface area contributed by atoms with E-state index in [4.69, 9.17) is 4.74 Å². The molecule has 18 heavy (non-hydrogen) atoms. The van der Waals surface area contributed by atoms with Gasteiger partial charge < -0.3 is 15.0 Å². The lowest BCUT2D eigenvalue weighted by Crippen LogP contribution is -2.40. The summed E-state index contributed by atoms with van der Waals surface area (Å²) in [5.74, 6) is 1.85. The molecule has 1 aliphatic rings. The highest BCUT2D eigenvalue weighted by molar-refractivity contribution is 5.79. The number of nitrogens with one attached hydrogen (secondary N) is 1. The van der Waals surface area contributed by atoms with Crippen molar-refractivity contribution in [3.8, 4) is 0 Å². The standard InChI is InChI=1S/C14H29N3O/c1-4-5-9-16-14(15-2)17(3)10-6-13-7-11-18-12-8-13/h13H,4-12H2,1-3H3,(H,15,16). The van der Waals surface area contributed by atoms with E-state index in [2.05, 4.69) is 29.2 Å². The topological polar surface area (TPSA) is 36.9 Å². The molecule has 0 unspecified atom stereocenters. The first-order valence-corrected chi connectivity index (χ1v) is 7.27. The lowest BCUT2D eigenvalue weighted by molar-refractivity contribution is 0.0625. The molecule has 106 valence electrons. The predicted molar refractivity (Wildman–Crippen MR) is 77.1 cm³/mol. The quantitative estimate of drug-likeness (QED) is 0.449. The monoisotopic (exact) mass is 255 g/mol. The van der Waals surface area contributed by atoms with E-state index < -0.39 is 0 Å². The van der Waals surface area contributed by atoms with Crippen LogP contribution in [0.1, 0.15) is 39.0 Å². The minimum absolute atomic E-state index is 0.829. The van der Waals surface area contributed by atoms with E-state index in [1.165, 1.54) is 32.1 Å². The van der Waals surface area contributed by atoms with E-state index in [0.29, 0.717) is 0 Å². The average Bonchev–Trinajstić information content (AvgIpc) is 2.42. The van der Waals surface area contributed by atoms with Crippen molar-refractivity contribution in [1.82, 2.24) is 10.2 Å². The summed E-state index contributed by atoms with van der Waals surface area (Å²) in [6.07, 6.45) is 6.10. The minimum atomic E-state index is 0.829. The molecule has 0 aromatic rings. The molecule has 0 aliphatic carbocycles. The van der Waals surface area contributed by atoms with E-state index >= 15 is 0 Å². The first-order chi connectivity index (χ1) is 8.77. The number of guanidine groups is 1. The average molecular weight is 255 g/mol. The first-order valence-electron chi connectivity index (χ1n) is 7.27. The van der Waals surface area contributed by atoms with Crippen molar-refractivity contribution in [3.05, 3.63) is 0 Å². The van der Waals surface area contributed by atoms with Gasteiger partial charge in [0, 0.05) is 40.4 Å². The zero-order valence-corrected chi connectivity index (χ0v) is 12.2. The maximum atomic E-state index is 5.39. The first kappa shape index (κ1) is 15.3. The van der Waals surface area contributed by atoms with Gasteiger partial charge in [-0.1, -0.05) is 13.3 Å². The molecule has 0 aromatic carbocycles. The van der Waals surface area contributed by atoms with E-state index in [-0.39, 0.29) is 0 Å². The van der Waals surface area contributed by atoms with Crippen molar-refractivity contribution in [2.45, 2.75) is 39.0 Å². The van der Waals surface area contributed by atoms with Gasteiger partial charge >= 0.3 is 0 Å². The number of ether oxygens (including phenoxy) is 1. The maximum absolute atomic E-state index is 5.39. The summed E-state index contributed by atoms with van der Waals surface area (Å²) in [5, 5.41) is 3.41. The number of unbranched alkanes of at least 4 members (excludes halogenated alkanes) is 1. The van der Waals surface area contributed by atoms with Crippen LogP contribution in [0.4, 0.5) is 0 Å². The van der Waals surface area contributed by atoms with Crippen LogP contribution >= 0.6 is 0 Å². The van der Waals surface area contributed by atoms with Crippen LogP contribution in [-0.4, -0.2) is 51.3 Å². The van der Waals surface area contributed by atoms with Crippen molar-refractivity contribution in [2.24, 2.45) is 10.9 Å². The van der Waals surface area contributed by atoms with Gasteiger partial charge in [0.25, 0.3) is 0 Å². The molecule has 0 amide bonds. The predicted octanol–water partition coefficient (Wildman–Crippen LogP) is 2.11. The second-order valence-electron chi connectivity index (χ2n) is 5.09. The van der Waals surface area contributed by atoms with Gasteiger partial charge in [-0.15, -0.1) is 0 Å². The smallest absolute Gasteiger partial charge is 0.193 e. The Hall–Kier alpha value is -0.770. The van der Waals surface area contributed by atoms with Crippen molar-refractivity contribution in [2.75, 3.05) is 40.4 Å². The zero-order chi connectivity index (χ0) is 13.2. The fourth-order valence-electron chi connectivity index (χ4n) is 2.28. The van der Waals surface area contributed by atoms with Crippen molar-refractivity contribution < 1.29 is 4.74 Å². The van der Waals surface area contributed by atoms with E-state index in [0.717, 1.165) is 38.2 Å². The molecule has 0 atom stereocenters. The SMILES string of the molecule is CCCCNC(=NC)N(C)CCC1CCOCC1. The number of aliphatic imine (C=N–C) groups is 1. The molecule has 4 heteroatoms. The summed E-state index contributed by atoms with van der Waals surface area (Å²) in [6.45, 7) is 6.19. The van der Waals surface area contributed by atoms with Gasteiger partial charge in [-0.05, 0) is 31.6 Å². The van der Waals surface area contributed by atoms with E-state index in [1.54, 1.807) is 0 Å². The van der Waals surface area contributed by atoms with Gasteiger partial charge in [-0.25, -0.2) is 0 Å². The van der Waals surface area contributed by atoms with Crippen molar-refractivity contribution in [1.29, 1.82) is 0 Å².